The number of amides is 1. The Morgan fingerprint density at radius 3 is 2.44 bits per heavy atom. The normalized spacial score (nSPS) is 19.8. The Kier molecular flexibility index (Phi) is 7.75. The minimum absolute atomic E-state index is 0.102. The molecule has 12 heteroatoms. The number of nitrogens with zero attached hydrogens (tertiary/aromatic N) is 3. The van der Waals surface area contributed by atoms with Crippen LogP contribution in [-0.2, 0) is 23.6 Å². The molecular formula is C27H32F2N4O5S. The molecule has 1 aliphatic rings. The topological polar surface area (TPSA) is 118 Å². The maximum Gasteiger partial charge on any atom is 0.269 e. The molecule has 39 heavy (non-hydrogen) atoms. The number of methoxy groups -OCH3 is 1. The molecule has 0 saturated carbocycles. The van der Waals surface area contributed by atoms with Gasteiger partial charge in [-0.3, -0.25) is 14.0 Å². The molecule has 1 fully saturated rings. The van der Waals surface area contributed by atoms with E-state index >= 15 is 4.39 Å². The Balaban J connectivity index is 1.83. The number of likely N-dealkylation sites (tertiary alicyclic amines) is 1. The van der Waals surface area contributed by atoms with Crippen LogP contribution in [0.5, 0.6) is 5.75 Å². The quantitative estimate of drug-likeness (QED) is 0.414. The molecular weight excluding hydrogens is 530 g/mol. The Morgan fingerprint density at radius 2 is 1.90 bits per heavy atom. The third kappa shape index (κ3) is 5.11. The van der Waals surface area contributed by atoms with Crippen LogP contribution in [0.1, 0.15) is 28.5 Å². The van der Waals surface area contributed by atoms with Gasteiger partial charge in [0.2, 0.25) is 0 Å². The van der Waals surface area contributed by atoms with Gasteiger partial charge in [-0.2, -0.15) is 0 Å². The minimum atomic E-state index is -4.69. The van der Waals surface area contributed by atoms with Gasteiger partial charge < -0.3 is 20.1 Å². The van der Waals surface area contributed by atoms with E-state index in [9.17, 15) is 22.7 Å². The lowest BCUT2D eigenvalue weighted by Crippen LogP contribution is -2.56. The van der Waals surface area contributed by atoms with Crippen molar-refractivity contribution in [3.8, 4) is 5.75 Å². The Labute approximate surface area is 226 Å². The number of aliphatic hydroxyl groups excluding tert-OH is 1. The van der Waals surface area contributed by atoms with Crippen molar-refractivity contribution in [1.29, 1.82) is 0 Å². The number of hydrogen-bond donors (Lipinski definition) is 2. The summed E-state index contributed by atoms with van der Waals surface area (Å²) in [5.74, 6) is -2.81. The van der Waals surface area contributed by atoms with Gasteiger partial charge in [-0.15, -0.1) is 0 Å². The van der Waals surface area contributed by atoms with E-state index in [0.717, 1.165) is 26.7 Å². The predicted octanol–water partition coefficient (Wildman–Crippen LogP) is 2.80. The molecule has 0 radical (unpaired) electrons. The lowest BCUT2D eigenvalue weighted by molar-refractivity contribution is 0.0988. The first-order chi connectivity index (χ1) is 18.3. The van der Waals surface area contributed by atoms with Crippen LogP contribution < -0.4 is 14.8 Å². The number of hydrogen-bond acceptors (Lipinski definition) is 6. The highest BCUT2D eigenvalue weighted by molar-refractivity contribution is 7.93. The SMILES string of the molecule is COc1ccc(CN2CC(CO)C(C)(N(c3ccc(F)c(C)c3)S(=O)(=O)c3cn(C)c(C(N)=O)c3F)C2)cc1. The molecule has 4 rings (SSSR count). The molecule has 1 aromatic heterocycles. The first kappa shape index (κ1) is 28.5. The lowest BCUT2D eigenvalue weighted by atomic mass is 9.89. The molecule has 1 amide bonds. The number of aromatic nitrogens is 1. The van der Waals surface area contributed by atoms with E-state index in [2.05, 4.69) is 0 Å². The molecule has 1 saturated heterocycles. The van der Waals surface area contributed by atoms with Crippen molar-refractivity contribution in [1.82, 2.24) is 9.47 Å². The summed E-state index contributed by atoms with van der Waals surface area (Å²) in [6.07, 6.45) is 0.996. The fourth-order valence-electron chi connectivity index (χ4n) is 5.34. The van der Waals surface area contributed by atoms with Gasteiger partial charge in [-0.05, 0) is 55.3 Å². The van der Waals surface area contributed by atoms with Crippen LogP contribution in [0.15, 0.2) is 53.6 Å². The molecule has 3 N–H and O–H groups in total. The van der Waals surface area contributed by atoms with Gasteiger partial charge in [0.15, 0.2) is 5.82 Å². The number of carbonyl (C=O) groups excluding carboxylic acids is 1. The number of aliphatic hydroxyl groups is 1. The van der Waals surface area contributed by atoms with Crippen LogP contribution in [-0.4, -0.2) is 61.2 Å². The van der Waals surface area contributed by atoms with Crippen molar-refractivity contribution in [3.05, 3.63) is 77.1 Å². The standard InChI is InChI=1S/C27H32F2N4O5S/c1-17-11-20(7-10-22(17)28)33(39(36,37)23-14-31(3)25(24(23)29)26(30)35)27(2)16-32(13-19(27)15-34)12-18-5-8-21(38-4)9-6-18/h5-11,14,19,34H,12-13,15-16H2,1-4H3,(H2,30,35). The Bertz CT molecular complexity index is 1490. The number of carbonyl (C=O) groups is 1. The molecule has 0 spiro atoms. The van der Waals surface area contributed by atoms with Crippen LogP contribution in [0, 0.1) is 24.5 Å². The van der Waals surface area contributed by atoms with E-state index in [1.54, 1.807) is 14.0 Å². The second kappa shape index (κ2) is 10.6. The van der Waals surface area contributed by atoms with Crippen LogP contribution in [0.3, 0.4) is 0 Å². The van der Waals surface area contributed by atoms with Crippen LogP contribution in [0.25, 0.3) is 0 Å². The average molecular weight is 563 g/mol. The summed E-state index contributed by atoms with van der Waals surface area (Å²) in [5, 5.41) is 10.4. The molecule has 2 unspecified atom stereocenters. The van der Waals surface area contributed by atoms with Crippen LogP contribution in [0.4, 0.5) is 14.5 Å². The highest BCUT2D eigenvalue weighted by Gasteiger charge is 2.52. The Morgan fingerprint density at radius 1 is 1.23 bits per heavy atom. The van der Waals surface area contributed by atoms with Crippen LogP contribution >= 0.6 is 0 Å². The second-order valence-electron chi connectivity index (χ2n) is 10.1. The average Bonchev–Trinajstić information content (AvgIpc) is 3.36. The van der Waals surface area contributed by atoms with Gasteiger partial charge in [0.05, 0.1) is 18.3 Å². The van der Waals surface area contributed by atoms with Crippen molar-refractivity contribution in [2.75, 3.05) is 31.1 Å². The summed E-state index contributed by atoms with van der Waals surface area (Å²) < 4.78 is 65.4. The lowest BCUT2D eigenvalue weighted by Gasteiger charge is -2.42. The maximum absolute atomic E-state index is 15.4. The number of halogens is 2. The van der Waals surface area contributed by atoms with Gasteiger partial charge in [0.1, 0.15) is 22.2 Å². The number of nitrogens with two attached hydrogens (primary N) is 1. The highest BCUT2D eigenvalue weighted by Crippen LogP contribution is 2.42. The summed E-state index contributed by atoms with van der Waals surface area (Å²) in [5.41, 5.74) is 4.68. The monoisotopic (exact) mass is 562 g/mol. The smallest absolute Gasteiger partial charge is 0.269 e. The van der Waals surface area contributed by atoms with E-state index < -0.39 is 49.6 Å². The predicted molar refractivity (Wildman–Crippen MR) is 142 cm³/mol. The van der Waals surface area contributed by atoms with Gasteiger partial charge in [0.25, 0.3) is 15.9 Å². The first-order valence-corrected chi connectivity index (χ1v) is 13.7. The number of aryl methyl sites for hydroxylation is 2. The van der Waals surface area contributed by atoms with Crippen molar-refractivity contribution in [2.24, 2.45) is 18.7 Å². The van der Waals surface area contributed by atoms with Gasteiger partial charge in [0, 0.05) is 45.4 Å². The summed E-state index contributed by atoms with van der Waals surface area (Å²) >= 11 is 0. The second-order valence-corrected chi connectivity index (χ2v) is 11.8. The molecule has 210 valence electrons. The molecule has 0 bridgehead atoms. The molecule has 2 aromatic carbocycles. The van der Waals surface area contributed by atoms with Crippen molar-refractivity contribution >= 4 is 21.6 Å². The third-order valence-corrected chi connectivity index (χ3v) is 9.32. The molecule has 0 aliphatic carbocycles. The number of primary amides is 1. The number of sulfonamides is 1. The summed E-state index contributed by atoms with van der Waals surface area (Å²) in [7, 11) is -1.80. The largest absolute Gasteiger partial charge is 0.497 e. The summed E-state index contributed by atoms with van der Waals surface area (Å²) in [4.78, 5) is 13.1. The fraction of sp³-hybridized carbons (Fsp3) is 0.370. The molecule has 9 nitrogen and oxygen atoms in total. The van der Waals surface area contributed by atoms with Gasteiger partial charge in [-0.25, -0.2) is 17.2 Å². The number of ether oxygens (including phenoxy) is 1. The van der Waals surface area contributed by atoms with E-state index in [4.69, 9.17) is 10.5 Å². The Hall–Kier alpha value is -3.48. The molecule has 1 aliphatic heterocycles. The third-order valence-electron chi connectivity index (χ3n) is 7.37. The van der Waals surface area contributed by atoms with Crippen molar-refractivity contribution in [2.45, 2.75) is 30.8 Å². The number of rotatable bonds is 9. The first-order valence-electron chi connectivity index (χ1n) is 12.3. The van der Waals surface area contributed by atoms with E-state index in [1.807, 2.05) is 29.2 Å². The fourth-order valence-corrected chi connectivity index (χ4v) is 7.30. The summed E-state index contributed by atoms with van der Waals surface area (Å²) in [6.45, 7) is 3.79. The molecule has 3 aromatic rings. The number of benzene rings is 2. The van der Waals surface area contributed by atoms with Crippen LogP contribution in [0.2, 0.25) is 0 Å². The minimum Gasteiger partial charge on any atom is -0.497 e. The van der Waals surface area contributed by atoms with E-state index in [-0.39, 0.29) is 24.4 Å². The maximum atomic E-state index is 15.4. The van der Waals surface area contributed by atoms with E-state index in [0.29, 0.717) is 18.8 Å². The zero-order valence-electron chi connectivity index (χ0n) is 22.2. The van der Waals surface area contributed by atoms with E-state index in [1.165, 1.54) is 26.1 Å². The number of anilines is 1. The van der Waals surface area contributed by atoms with Crippen molar-refractivity contribution < 1.29 is 31.8 Å². The van der Waals surface area contributed by atoms with Gasteiger partial charge in [-0.1, -0.05) is 12.1 Å². The zero-order chi connectivity index (χ0) is 28.7. The zero-order valence-corrected chi connectivity index (χ0v) is 23.0. The van der Waals surface area contributed by atoms with Crippen molar-refractivity contribution in [3.63, 3.8) is 0 Å². The molecule has 2 atom stereocenters. The van der Waals surface area contributed by atoms with Gasteiger partial charge >= 0.3 is 0 Å². The summed E-state index contributed by atoms with van der Waals surface area (Å²) in [6, 6.07) is 11.2. The highest BCUT2D eigenvalue weighted by atomic mass is 32.2. The molecule has 2 heterocycles.